The zero-order valence-electron chi connectivity index (χ0n) is 9.09. The first-order valence-electron chi connectivity index (χ1n) is 4.92. The second-order valence-corrected chi connectivity index (χ2v) is 3.08. The summed E-state index contributed by atoms with van der Waals surface area (Å²) >= 11 is 0. The van der Waals surface area contributed by atoms with Crippen LogP contribution in [0.2, 0.25) is 0 Å². The smallest absolute Gasteiger partial charge is 0.108 e. The molecule has 0 aliphatic carbocycles. The van der Waals surface area contributed by atoms with E-state index in [0.717, 1.165) is 24.0 Å². The highest BCUT2D eigenvalue weighted by atomic mass is 19.1. The molecule has 0 bridgehead atoms. The third-order valence-electron chi connectivity index (χ3n) is 1.93. The maximum Gasteiger partial charge on any atom is 0.108 e. The largest absolute Gasteiger partial charge is 0.247 e. The number of hydrogen-bond donors (Lipinski definition) is 0. The normalized spacial score (nSPS) is 12.9. The lowest BCUT2D eigenvalue weighted by Crippen LogP contribution is -1.82. The van der Waals surface area contributed by atoms with Crippen LogP contribution >= 0.6 is 0 Å². The molecule has 0 aliphatic heterocycles. The van der Waals surface area contributed by atoms with E-state index in [4.69, 9.17) is 0 Å². The summed E-state index contributed by atoms with van der Waals surface area (Å²) in [6.45, 7) is 7.47. The maximum atomic E-state index is 11.9. The van der Waals surface area contributed by atoms with Crippen molar-refractivity contribution in [3.63, 3.8) is 0 Å². The zero-order chi connectivity index (χ0) is 10.8. The van der Waals surface area contributed by atoms with Crippen molar-refractivity contribution in [2.24, 2.45) is 0 Å². The Morgan fingerprint density at radius 1 is 1.21 bits per heavy atom. The van der Waals surface area contributed by atoms with Gasteiger partial charge in [0.25, 0.3) is 0 Å². The van der Waals surface area contributed by atoms with Crippen molar-refractivity contribution in [2.45, 2.75) is 26.7 Å². The van der Waals surface area contributed by atoms with Gasteiger partial charge in [-0.2, -0.15) is 0 Å². The van der Waals surface area contributed by atoms with Crippen LogP contribution in [0.25, 0.3) is 0 Å². The highest BCUT2D eigenvalue weighted by Gasteiger charge is 1.93. The van der Waals surface area contributed by atoms with Crippen LogP contribution < -0.4 is 0 Å². The second-order valence-electron chi connectivity index (χ2n) is 3.08. The van der Waals surface area contributed by atoms with Gasteiger partial charge < -0.3 is 0 Å². The van der Waals surface area contributed by atoms with Gasteiger partial charge >= 0.3 is 0 Å². The van der Waals surface area contributed by atoms with Crippen molar-refractivity contribution in [2.75, 3.05) is 6.67 Å². The molecule has 0 aliphatic rings. The van der Waals surface area contributed by atoms with Crippen LogP contribution in [0.1, 0.15) is 26.7 Å². The maximum absolute atomic E-state index is 11.9. The molecule has 0 heterocycles. The van der Waals surface area contributed by atoms with Crippen molar-refractivity contribution in [3.05, 3.63) is 48.1 Å². The minimum Gasteiger partial charge on any atom is -0.247 e. The molecule has 78 valence electrons. The first kappa shape index (κ1) is 12.9. The van der Waals surface area contributed by atoms with Crippen LogP contribution in [0.15, 0.2) is 48.1 Å². The van der Waals surface area contributed by atoms with E-state index in [9.17, 15) is 4.39 Å². The Balaban J connectivity index is 3.97. The van der Waals surface area contributed by atoms with E-state index in [1.165, 1.54) is 6.08 Å². The Hall–Kier alpha value is -1.11. The average molecular weight is 194 g/mol. The Labute approximate surface area is 86.5 Å². The van der Waals surface area contributed by atoms with Gasteiger partial charge in [-0.05, 0) is 26.7 Å². The molecule has 0 aromatic carbocycles. The van der Waals surface area contributed by atoms with E-state index in [1.807, 2.05) is 38.2 Å². The van der Waals surface area contributed by atoms with Crippen molar-refractivity contribution >= 4 is 0 Å². The predicted molar refractivity (Wildman–Crippen MR) is 62.1 cm³/mol. The van der Waals surface area contributed by atoms with Gasteiger partial charge in [-0.3, -0.25) is 0 Å². The van der Waals surface area contributed by atoms with Crippen LogP contribution in [-0.4, -0.2) is 6.67 Å². The summed E-state index contributed by atoms with van der Waals surface area (Å²) in [5.74, 6) is 0. The fraction of sp³-hybridized carbons (Fsp3) is 0.385. The quantitative estimate of drug-likeness (QED) is 0.551. The lowest BCUT2D eigenvalue weighted by molar-refractivity contribution is 0.561. The van der Waals surface area contributed by atoms with Gasteiger partial charge in [-0.1, -0.05) is 48.1 Å². The van der Waals surface area contributed by atoms with Crippen LogP contribution in [0, 0.1) is 0 Å². The van der Waals surface area contributed by atoms with Crippen molar-refractivity contribution in [3.8, 4) is 0 Å². The minimum absolute atomic E-state index is 0.396. The fourth-order valence-electron chi connectivity index (χ4n) is 1.14. The predicted octanol–water partition coefficient (Wildman–Crippen LogP) is 4.37. The zero-order valence-corrected chi connectivity index (χ0v) is 9.09. The molecular weight excluding hydrogens is 175 g/mol. The highest BCUT2D eigenvalue weighted by molar-refractivity contribution is 5.22. The molecular formula is C13H19F. The van der Waals surface area contributed by atoms with Crippen LogP contribution in [0.3, 0.4) is 0 Å². The fourth-order valence-corrected chi connectivity index (χ4v) is 1.14. The molecule has 14 heavy (non-hydrogen) atoms. The number of rotatable bonds is 6. The molecule has 0 radical (unpaired) electrons. The topological polar surface area (TPSA) is 0 Å². The van der Waals surface area contributed by atoms with Crippen LogP contribution in [0.5, 0.6) is 0 Å². The van der Waals surface area contributed by atoms with E-state index in [-0.39, 0.29) is 0 Å². The third kappa shape index (κ3) is 6.41. The van der Waals surface area contributed by atoms with E-state index in [2.05, 4.69) is 6.58 Å². The summed E-state index contributed by atoms with van der Waals surface area (Å²) in [6.07, 6.45) is 11.2. The molecule has 0 aromatic rings. The van der Waals surface area contributed by atoms with E-state index in [1.54, 1.807) is 0 Å². The summed E-state index contributed by atoms with van der Waals surface area (Å²) in [4.78, 5) is 0. The third-order valence-corrected chi connectivity index (χ3v) is 1.93. The van der Waals surface area contributed by atoms with Gasteiger partial charge in [0.05, 0.1) is 0 Å². The molecule has 0 atom stereocenters. The summed E-state index contributed by atoms with van der Waals surface area (Å²) < 4.78 is 11.9. The molecule has 1 heteroatoms. The molecule has 0 fully saturated rings. The highest BCUT2D eigenvalue weighted by Crippen LogP contribution is 2.12. The molecule has 0 saturated carbocycles. The van der Waals surface area contributed by atoms with E-state index < -0.39 is 6.67 Å². The number of hydrogen-bond acceptors (Lipinski definition) is 0. The molecule has 0 nitrogen and oxygen atoms in total. The molecule has 0 aromatic heterocycles. The number of halogens is 1. The summed E-state index contributed by atoms with van der Waals surface area (Å²) in [6, 6.07) is 0. The summed E-state index contributed by atoms with van der Waals surface area (Å²) in [7, 11) is 0. The molecule has 0 spiro atoms. The summed E-state index contributed by atoms with van der Waals surface area (Å²) in [5.41, 5.74) is 2.27. The van der Waals surface area contributed by atoms with Crippen molar-refractivity contribution in [1.29, 1.82) is 0 Å². The van der Waals surface area contributed by atoms with Gasteiger partial charge in [-0.15, -0.1) is 0 Å². The SMILES string of the molecule is C=C(/C=C/C)CCC(/C=C\CF)=C/C. The monoisotopic (exact) mass is 194 g/mol. The first-order valence-corrected chi connectivity index (χ1v) is 4.92. The Bertz CT molecular complexity index is 244. The molecule has 0 N–H and O–H groups in total. The molecule has 0 amide bonds. The van der Waals surface area contributed by atoms with E-state index >= 15 is 0 Å². The average Bonchev–Trinajstić information content (AvgIpc) is 2.19. The van der Waals surface area contributed by atoms with Crippen LogP contribution in [-0.2, 0) is 0 Å². The molecule has 0 unspecified atom stereocenters. The Morgan fingerprint density at radius 3 is 2.43 bits per heavy atom. The second kappa shape index (κ2) is 8.49. The number of alkyl halides is 1. The summed E-state index contributed by atoms with van der Waals surface area (Å²) in [5, 5.41) is 0. The van der Waals surface area contributed by atoms with Gasteiger partial charge in [0, 0.05) is 0 Å². The van der Waals surface area contributed by atoms with Crippen LogP contribution in [0.4, 0.5) is 4.39 Å². The van der Waals surface area contributed by atoms with E-state index in [0.29, 0.717) is 0 Å². The Kier molecular flexibility index (Phi) is 7.81. The first-order chi connectivity index (χ1) is 6.74. The minimum atomic E-state index is -0.396. The Morgan fingerprint density at radius 2 is 1.93 bits per heavy atom. The molecule has 0 saturated heterocycles. The van der Waals surface area contributed by atoms with Gasteiger partial charge in [0.15, 0.2) is 0 Å². The van der Waals surface area contributed by atoms with Gasteiger partial charge in [0.2, 0.25) is 0 Å². The standard InChI is InChI=1S/C13H19F/c1-4-7-12(3)9-10-13(5-2)8-6-11-14/h4-8H,3,9-11H2,1-2H3/b7-4+,8-6-,13-5+. The van der Waals surface area contributed by atoms with Crippen molar-refractivity contribution in [1.82, 2.24) is 0 Å². The number of allylic oxidation sites excluding steroid dienone is 7. The lowest BCUT2D eigenvalue weighted by Gasteiger charge is -2.01. The van der Waals surface area contributed by atoms with Gasteiger partial charge in [0.1, 0.15) is 6.67 Å². The van der Waals surface area contributed by atoms with Crippen molar-refractivity contribution < 1.29 is 4.39 Å². The van der Waals surface area contributed by atoms with Gasteiger partial charge in [-0.25, -0.2) is 4.39 Å². The molecule has 0 rings (SSSR count). The lowest BCUT2D eigenvalue weighted by atomic mass is 10.1.